The first-order valence-corrected chi connectivity index (χ1v) is 11.1. The molecule has 0 spiro atoms. The van der Waals surface area contributed by atoms with E-state index < -0.39 is 23.1 Å². The Morgan fingerprint density at radius 3 is 2.71 bits per heavy atom. The summed E-state index contributed by atoms with van der Waals surface area (Å²) in [6.45, 7) is 5.28. The number of likely N-dealkylation sites (tertiary alicyclic amines) is 1. The van der Waals surface area contributed by atoms with Crippen molar-refractivity contribution in [2.75, 3.05) is 18.4 Å². The van der Waals surface area contributed by atoms with Crippen LogP contribution < -0.4 is 11.1 Å². The van der Waals surface area contributed by atoms with E-state index in [1.54, 1.807) is 13.0 Å². The number of carbonyl (C=O) groups excluding carboxylic acids is 2. The van der Waals surface area contributed by atoms with Crippen molar-refractivity contribution in [3.8, 4) is 0 Å². The molecule has 0 radical (unpaired) electrons. The van der Waals surface area contributed by atoms with Crippen molar-refractivity contribution in [3.63, 3.8) is 0 Å². The fourth-order valence-electron chi connectivity index (χ4n) is 4.47. The van der Waals surface area contributed by atoms with Crippen LogP contribution in [0, 0.1) is 18.6 Å². The molecular weight excluding hydrogens is 487 g/mol. The lowest BCUT2D eigenvalue weighted by Crippen LogP contribution is -2.41. The molecule has 0 unspecified atom stereocenters. The Morgan fingerprint density at radius 1 is 1.29 bits per heavy atom. The Bertz CT molecular complexity index is 1340. The van der Waals surface area contributed by atoms with Crippen LogP contribution in [0.5, 0.6) is 0 Å². The lowest BCUT2D eigenvalue weighted by atomic mass is 9.87. The zero-order chi connectivity index (χ0) is 24.8. The predicted octanol–water partition coefficient (Wildman–Crippen LogP) is 4.14. The maximum absolute atomic E-state index is 15.1. The van der Waals surface area contributed by atoms with Crippen LogP contribution in [0.4, 0.5) is 14.5 Å². The fourth-order valence-corrected chi connectivity index (χ4v) is 4.97. The van der Waals surface area contributed by atoms with Crippen LogP contribution in [0.25, 0.3) is 10.9 Å². The molecule has 2 amide bonds. The molecule has 1 aliphatic heterocycles. The van der Waals surface area contributed by atoms with Gasteiger partial charge in [0.15, 0.2) is 0 Å². The van der Waals surface area contributed by atoms with Gasteiger partial charge in [0.2, 0.25) is 11.8 Å². The van der Waals surface area contributed by atoms with Gasteiger partial charge >= 0.3 is 0 Å². The summed E-state index contributed by atoms with van der Waals surface area (Å²) in [7, 11) is 0. The molecular formula is C23H21Cl2F2N5O2. The number of aromatic nitrogens is 2. The summed E-state index contributed by atoms with van der Waals surface area (Å²) >= 11 is 12.6. The van der Waals surface area contributed by atoms with Crippen molar-refractivity contribution < 1.29 is 18.4 Å². The molecule has 2 aromatic carbocycles. The number of rotatable bonds is 6. The van der Waals surface area contributed by atoms with Crippen LogP contribution >= 0.6 is 23.2 Å². The highest BCUT2D eigenvalue weighted by atomic mass is 35.5. The number of nitrogens with two attached hydrogens (primary N) is 1. The van der Waals surface area contributed by atoms with Gasteiger partial charge in [-0.15, -0.1) is 0 Å². The van der Waals surface area contributed by atoms with Gasteiger partial charge in [-0.25, -0.2) is 8.78 Å². The molecule has 1 atom stereocenters. The molecule has 1 aromatic heterocycles. The number of anilines is 1. The Balaban J connectivity index is 1.83. The SMILES string of the molecule is C=CC(=O)N1CC[C@](Nc2cc(F)c3c(C)n(CC(N)=O)nc3c2)(c2c(F)ccc(Cl)c2Cl)C1. The Morgan fingerprint density at radius 2 is 2.03 bits per heavy atom. The summed E-state index contributed by atoms with van der Waals surface area (Å²) in [4.78, 5) is 25.1. The molecule has 3 aromatic rings. The van der Waals surface area contributed by atoms with Gasteiger partial charge in [0.25, 0.3) is 0 Å². The maximum atomic E-state index is 15.1. The number of nitrogens with one attached hydrogen (secondary N) is 1. The normalized spacial score (nSPS) is 17.9. The van der Waals surface area contributed by atoms with Gasteiger partial charge in [-0.2, -0.15) is 5.10 Å². The van der Waals surface area contributed by atoms with Crippen LogP contribution in [0.15, 0.2) is 36.9 Å². The largest absolute Gasteiger partial charge is 0.373 e. The number of hydrogen-bond donors (Lipinski definition) is 2. The summed E-state index contributed by atoms with van der Waals surface area (Å²) in [6.07, 6.45) is 1.45. The molecule has 1 saturated heterocycles. The van der Waals surface area contributed by atoms with Crippen molar-refractivity contribution in [1.82, 2.24) is 14.7 Å². The Hall–Kier alpha value is -3.17. The van der Waals surface area contributed by atoms with Crippen LogP contribution in [0.2, 0.25) is 10.0 Å². The highest BCUT2D eigenvalue weighted by Crippen LogP contribution is 2.43. The van der Waals surface area contributed by atoms with Crippen molar-refractivity contribution >= 4 is 51.6 Å². The molecule has 178 valence electrons. The van der Waals surface area contributed by atoms with Gasteiger partial charge in [0.1, 0.15) is 18.2 Å². The summed E-state index contributed by atoms with van der Waals surface area (Å²) in [5.74, 6) is -2.14. The van der Waals surface area contributed by atoms with E-state index in [4.69, 9.17) is 28.9 Å². The van der Waals surface area contributed by atoms with Crippen molar-refractivity contribution in [2.24, 2.45) is 5.73 Å². The second-order valence-corrected chi connectivity index (χ2v) is 8.99. The highest BCUT2D eigenvalue weighted by Gasteiger charge is 2.44. The third-order valence-electron chi connectivity index (χ3n) is 6.01. The van der Waals surface area contributed by atoms with Gasteiger partial charge in [-0.05, 0) is 43.7 Å². The lowest BCUT2D eigenvalue weighted by Gasteiger charge is -2.33. The van der Waals surface area contributed by atoms with Gasteiger partial charge in [-0.3, -0.25) is 14.3 Å². The van der Waals surface area contributed by atoms with Crippen LogP contribution in [0.3, 0.4) is 0 Å². The monoisotopic (exact) mass is 507 g/mol. The number of hydrogen-bond acceptors (Lipinski definition) is 4. The van der Waals surface area contributed by atoms with Crippen LogP contribution in [-0.4, -0.2) is 39.6 Å². The molecule has 3 N–H and O–H groups in total. The fraction of sp³-hybridized carbons (Fsp3) is 0.261. The van der Waals surface area contributed by atoms with Gasteiger partial charge < -0.3 is 16.0 Å². The molecule has 11 heteroatoms. The third-order valence-corrected chi connectivity index (χ3v) is 6.82. The minimum absolute atomic E-state index is 0.00481. The van der Waals surface area contributed by atoms with E-state index >= 15 is 8.78 Å². The number of fused-ring (bicyclic) bond motifs is 1. The van der Waals surface area contributed by atoms with E-state index in [1.807, 2.05) is 0 Å². The number of nitrogens with zero attached hydrogens (tertiary/aromatic N) is 3. The molecule has 0 bridgehead atoms. The Kier molecular flexibility index (Phi) is 6.26. The first-order chi connectivity index (χ1) is 16.1. The molecule has 0 aliphatic carbocycles. The van der Waals surface area contributed by atoms with Crippen molar-refractivity contribution in [3.05, 3.63) is 69.9 Å². The average Bonchev–Trinajstić information content (AvgIpc) is 3.32. The van der Waals surface area contributed by atoms with E-state index in [1.165, 1.54) is 33.9 Å². The minimum atomic E-state index is -1.20. The number of amides is 2. The second kappa shape index (κ2) is 8.88. The maximum Gasteiger partial charge on any atom is 0.246 e. The van der Waals surface area contributed by atoms with E-state index in [9.17, 15) is 9.59 Å². The summed E-state index contributed by atoms with van der Waals surface area (Å²) < 4.78 is 31.6. The second-order valence-electron chi connectivity index (χ2n) is 8.20. The molecule has 1 fully saturated rings. The standard InChI is InChI=1S/C23H21Cl2F2N5O2/c1-3-19(34)31-7-6-23(11-31,21-15(26)5-4-14(24)22(21)25)29-13-8-16(27)20-12(2)32(10-18(28)33)30-17(20)9-13/h3-5,8-9,29H,1,6-7,10-11H2,2H3,(H2,28,33)/t23-/m1/s1. The number of primary amides is 1. The number of benzene rings is 2. The zero-order valence-electron chi connectivity index (χ0n) is 18.2. The minimum Gasteiger partial charge on any atom is -0.373 e. The Labute approximate surface area is 204 Å². The number of aryl methyl sites for hydroxylation is 1. The summed E-state index contributed by atoms with van der Waals surface area (Å²) in [5, 5.41) is 7.88. The van der Waals surface area contributed by atoms with E-state index in [2.05, 4.69) is 17.0 Å². The molecule has 2 heterocycles. The van der Waals surface area contributed by atoms with Gasteiger partial charge in [0.05, 0.1) is 26.5 Å². The van der Waals surface area contributed by atoms with Crippen LogP contribution in [0.1, 0.15) is 17.7 Å². The first-order valence-electron chi connectivity index (χ1n) is 10.3. The first kappa shape index (κ1) is 24.0. The topological polar surface area (TPSA) is 93.3 Å². The van der Waals surface area contributed by atoms with Crippen molar-refractivity contribution in [1.29, 1.82) is 0 Å². The number of carbonyl (C=O) groups is 2. The van der Waals surface area contributed by atoms with Crippen LogP contribution in [-0.2, 0) is 21.7 Å². The predicted molar refractivity (Wildman–Crippen MR) is 127 cm³/mol. The molecule has 4 rings (SSSR count). The number of halogens is 4. The lowest BCUT2D eigenvalue weighted by molar-refractivity contribution is -0.125. The zero-order valence-corrected chi connectivity index (χ0v) is 19.7. The van der Waals surface area contributed by atoms with Crippen molar-refractivity contribution in [2.45, 2.75) is 25.4 Å². The quantitative estimate of drug-likeness (QED) is 0.387. The van der Waals surface area contributed by atoms with E-state index in [0.29, 0.717) is 5.69 Å². The summed E-state index contributed by atoms with van der Waals surface area (Å²) in [6, 6.07) is 5.38. The molecule has 0 saturated carbocycles. The summed E-state index contributed by atoms with van der Waals surface area (Å²) in [5.41, 5.74) is 5.16. The highest BCUT2D eigenvalue weighted by molar-refractivity contribution is 6.42. The molecule has 34 heavy (non-hydrogen) atoms. The van der Waals surface area contributed by atoms with E-state index in [0.717, 1.165) is 0 Å². The molecule has 7 nitrogen and oxygen atoms in total. The smallest absolute Gasteiger partial charge is 0.246 e. The van der Waals surface area contributed by atoms with Gasteiger partial charge in [0, 0.05) is 30.0 Å². The third kappa shape index (κ3) is 4.10. The average molecular weight is 508 g/mol. The van der Waals surface area contributed by atoms with E-state index in [-0.39, 0.29) is 64.2 Å². The molecule has 1 aliphatic rings. The van der Waals surface area contributed by atoms with Gasteiger partial charge in [-0.1, -0.05) is 29.8 Å².